The molecule has 0 aliphatic heterocycles. The van der Waals surface area contributed by atoms with Crippen molar-refractivity contribution in [2.24, 2.45) is 0 Å². The zero-order chi connectivity index (χ0) is 9.19. The minimum atomic E-state index is -4.06. The second-order valence-corrected chi connectivity index (χ2v) is 3.67. The number of rotatable bonds is 2. The molecule has 5 heteroatoms. The Hall–Kier alpha value is -0.700. The monoisotopic (exact) mass is 218 g/mol. The third-order valence-corrected chi connectivity index (χ3v) is 2.28. The normalized spacial score (nSPS) is 10.2. The molecule has 1 N–H and O–H groups in total. The Bertz CT molecular complexity index is 380. The van der Waals surface area contributed by atoms with Crippen LogP contribution in [0, 0.1) is 0 Å². The quantitative estimate of drug-likeness (QED) is 0.606. The van der Waals surface area contributed by atoms with Crippen molar-refractivity contribution < 1.29 is 13.0 Å². The summed E-state index contributed by atoms with van der Waals surface area (Å²) in [7, 11) is -4.06. The van der Waals surface area contributed by atoms with E-state index in [2.05, 4.69) is 6.58 Å². The van der Waals surface area contributed by atoms with Crippen molar-refractivity contribution in [1.29, 1.82) is 0 Å². The highest BCUT2D eigenvalue weighted by molar-refractivity contribution is 7.85. The topological polar surface area (TPSA) is 54.4 Å². The van der Waals surface area contributed by atoms with E-state index < -0.39 is 10.1 Å². The first kappa shape index (κ1) is 12.3. The molecule has 0 aliphatic rings. The van der Waals surface area contributed by atoms with E-state index in [1.54, 1.807) is 18.2 Å². The van der Waals surface area contributed by atoms with Gasteiger partial charge in [0.25, 0.3) is 10.1 Å². The molecule has 0 aromatic heterocycles. The molecule has 13 heavy (non-hydrogen) atoms. The summed E-state index contributed by atoms with van der Waals surface area (Å²) in [6.45, 7) is 3.51. The van der Waals surface area contributed by atoms with Gasteiger partial charge in [0, 0.05) is 0 Å². The summed E-state index contributed by atoms with van der Waals surface area (Å²) < 4.78 is 29.7. The van der Waals surface area contributed by atoms with E-state index in [-0.39, 0.29) is 14.8 Å². The second kappa shape index (κ2) is 4.51. The van der Waals surface area contributed by atoms with Crippen LogP contribution in [-0.2, 0) is 10.1 Å². The summed E-state index contributed by atoms with van der Waals surface area (Å²) in [5, 5.41) is 0. The van der Waals surface area contributed by atoms with Crippen molar-refractivity contribution in [2.75, 3.05) is 0 Å². The number of hydrogen-bond donors (Lipinski definition) is 1. The summed E-state index contributed by atoms with van der Waals surface area (Å²) in [5.41, 5.74) is 0.808. The van der Waals surface area contributed by atoms with Crippen molar-refractivity contribution in [3.63, 3.8) is 0 Å². The second-order valence-electron chi connectivity index (χ2n) is 2.25. The Morgan fingerprint density at radius 3 is 2.00 bits per heavy atom. The molecule has 1 rings (SSSR count). The predicted molar refractivity (Wildman–Crippen MR) is 57.5 cm³/mol. The number of hydrogen-bond acceptors (Lipinski definition) is 2. The number of benzene rings is 1. The van der Waals surface area contributed by atoms with Gasteiger partial charge >= 0.3 is 0 Å². The van der Waals surface area contributed by atoms with Crippen LogP contribution >= 0.6 is 9.90 Å². The Labute approximate surface area is 80.9 Å². The van der Waals surface area contributed by atoms with E-state index in [0.717, 1.165) is 5.56 Å². The summed E-state index contributed by atoms with van der Waals surface area (Å²) in [5.74, 6) is 0. The molecule has 0 saturated carbocycles. The molecular formula is C8H11O3PS. The summed E-state index contributed by atoms with van der Waals surface area (Å²) in [4.78, 5) is -0.104. The molecule has 0 heterocycles. The van der Waals surface area contributed by atoms with Crippen LogP contribution in [0.2, 0.25) is 0 Å². The van der Waals surface area contributed by atoms with E-state index in [1.807, 2.05) is 0 Å². The fourth-order valence-corrected chi connectivity index (χ4v) is 1.26. The average molecular weight is 218 g/mol. The molecule has 1 atom stereocenters. The molecule has 72 valence electrons. The Morgan fingerprint density at radius 1 is 1.23 bits per heavy atom. The largest absolute Gasteiger partial charge is 0.294 e. The molecule has 0 amide bonds. The van der Waals surface area contributed by atoms with E-state index in [0.29, 0.717) is 0 Å². The van der Waals surface area contributed by atoms with Gasteiger partial charge in [-0.15, -0.1) is 0 Å². The predicted octanol–water partition coefficient (Wildman–Crippen LogP) is 1.63. The average Bonchev–Trinajstić information content (AvgIpc) is 2.03. The fraction of sp³-hybridized carbons (Fsp3) is 0. The van der Waals surface area contributed by atoms with Gasteiger partial charge in [-0.25, -0.2) is 0 Å². The molecule has 1 unspecified atom stereocenters. The van der Waals surface area contributed by atoms with Crippen LogP contribution < -0.4 is 0 Å². The van der Waals surface area contributed by atoms with Gasteiger partial charge in [-0.1, -0.05) is 24.8 Å². The first-order chi connectivity index (χ1) is 5.54. The third kappa shape index (κ3) is 3.27. The first-order valence-electron chi connectivity index (χ1n) is 3.24. The van der Waals surface area contributed by atoms with E-state index in [1.165, 1.54) is 12.1 Å². The van der Waals surface area contributed by atoms with E-state index in [4.69, 9.17) is 4.55 Å². The van der Waals surface area contributed by atoms with Crippen molar-refractivity contribution in [3.05, 3.63) is 36.4 Å². The fourth-order valence-electron chi connectivity index (χ4n) is 0.776. The third-order valence-electron chi connectivity index (χ3n) is 1.41. The Morgan fingerprint density at radius 2 is 1.69 bits per heavy atom. The minimum Gasteiger partial charge on any atom is -0.282 e. The molecule has 0 saturated heterocycles. The molecule has 0 fully saturated rings. The standard InChI is InChI=1S/C8H8O3S.H3P/c1-2-7-3-5-8(6-4-7)12(9,10)11;/h2-6H,1H2,(H,9,10,11);1H3. The summed E-state index contributed by atoms with van der Waals surface area (Å²) >= 11 is 0. The van der Waals surface area contributed by atoms with Crippen molar-refractivity contribution in [2.45, 2.75) is 4.90 Å². The van der Waals surface area contributed by atoms with E-state index >= 15 is 0 Å². The molecule has 3 nitrogen and oxygen atoms in total. The lowest BCUT2D eigenvalue weighted by Gasteiger charge is -1.96. The van der Waals surface area contributed by atoms with Crippen LogP contribution in [0.15, 0.2) is 35.7 Å². The zero-order valence-corrected chi connectivity index (χ0v) is 9.20. The molecule has 0 spiro atoms. The van der Waals surface area contributed by atoms with Gasteiger partial charge < -0.3 is 0 Å². The highest BCUT2D eigenvalue weighted by Crippen LogP contribution is 2.10. The Kier molecular flexibility index (Phi) is 4.27. The molecular weight excluding hydrogens is 207 g/mol. The van der Waals surface area contributed by atoms with Gasteiger partial charge in [-0.3, -0.25) is 4.55 Å². The zero-order valence-electron chi connectivity index (χ0n) is 6.97. The van der Waals surface area contributed by atoms with Gasteiger partial charge in [0.05, 0.1) is 4.90 Å². The lowest BCUT2D eigenvalue weighted by molar-refractivity contribution is 0.483. The molecule has 1 aromatic rings. The summed E-state index contributed by atoms with van der Waals surface area (Å²) in [6, 6.07) is 5.78. The van der Waals surface area contributed by atoms with Gasteiger partial charge in [-0.2, -0.15) is 18.3 Å². The van der Waals surface area contributed by atoms with Gasteiger partial charge in [-0.05, 0) is 17.7 Å². The maximum absolute atomic E-state index is 10.6. The highest BCUT2D eigenvalue weighted by Gasteiger charge is 2.07. The van der Waals surface area contributed by atoms with Gasteiger partial charge in [0.15, 0.2) is 0 Å². The summed E-state index contributed by atoms with van der Waals surface area (Å²) in [6.07, 6.45) is 1.59. The lowest BCUT2D eigenvalue weighted by Crippen LogP contribution is -1.96. The van der Waals surface area contributed by atoms with Crippen LogP contribution in [0.4, 0.5) is 0 Å². The van der Waals surface area contributed by atoms with Crippen LogP contribution in [0.1, 0.15) is 5.56 Å². The van der Waals surface area contributed by atoms with Crippen molar-refractivity contribution in [3.8, 4) is 0 Å². The molecule has 0 radical (unpaired) electrons. The molecule has 0 aliphatic carbocycles. The van der Waals surface area contributed by atoms with Gasteiger partial charge in [0.1, 0.15) is 0 Å². The lowest BCUT2D eigenvalue weighted by atomic mass is 10.2. The smallest absolute Gasteiger partial charge is 0.282 e. The van der Waals surface area contributed by atoms with Crippen molar-refractivity contribution in [1.82, 2.24) is 0 Å². The highest BCUT2D eigenvalue weighted by atomic mass is 32.2. The molecule has 0 bridgehead atoms. The SMILES string of the molecule is C=Cc1ccc(S(=O)(=O)O)cc1.P. The van der Waals surface area contributed by atoms with Crippen LogP contribution in [-0.4, -0.2) is 13.0 Å². The Balaban J connectivity index is 0.00000144. The first-order valence-corrected chi connectivity index (χ1v) is 4.68. The molecule has 1 aromatic carbocycles. The van der Waals surface area contributed by atoms with E-state index in [9.17, 15) is 8.42 Å². The van der Waals surface area contributed by atoms with Crippen LogP contribution in [0.5, 0.6) is 0 Å². The minimum absolute atomic E-state index is 0. The van der Waals surface area contributed by atoms with Crippen LogP contribution in [0.3, 0.4) is 0 Å². The van der Waals surface area contributed by atoms with Crippen molar-refractivity contribution >= 4 is 26.1 Å². The maximum atomic E-state index is 10.6. The maximum Gasteiger partial charge on any atom is 0.294 e. The van der Waals surface area contributed by atoms with Crippen LogP contribution in [0.25, 0.3) is 6.08 Å². The van der Waals surface area contributed by atoms with Gasteiger partial charge in [0.2, 0.25) is 0 Å².